The molecule has 464 valence electrons. The van der Waals surface area contributed by atoms with Gasteiger partial charge < -0.3 is 20.3 Å². The molecule has 0 saturated carbocycles. The van der Waals surface area contributed by atoms with E-state index in [0.29, 0.717) is 25.9 Å². The van der Waals surface area contributed by atoms with E-state index in [1.54, 1.807) is 0 Å². The van der Waals surface area contributed by atoms with Crippen molar-refractivity contribution in [1.29, 1.82) is 0 Å². The fraction of sp³-hybridized carbons (Fsp3) is 0.944. The summed E-state index contributed by atoms with van der Waals surface area (Å²) in [5, 5.41) is 23.2. The van der Waals surface area contributed by atoms with Gasteiger partial charge in [-0.05, 0) is 51.4 Å². The van der Waals surface area contributed by atoms with Gasteiger partial charge in [0.1, 0.15) is 0 Å². The summed E-state index contributed by atoms with van der Waals surface area (Å²) in [6.07, 6.45) is 84.4. The van der Waals surface area contributed by atoms with Crippen LogP contribution < -0.4 is 5.32 Å². The zero-order valence-electron chi connectivity index (χ0n) is 53.2. The number of ether oxygens (including phenoxy) is 1. The lowest BCUT2D eigenvalue weighted by Crippen LogP contribution is -2.45. The number of allylic oxidation sites excluding steroid dienone is 2. The molecule has 3 N–H and O–H groups in total. The standard InChI is InChI=1S/C72H141NO5/c1-3-5-7-9-11-13-15-16-17-40-43-46-50-54-58-62-66-72(77)78-67-63-59-55-51-47-44-41-38-36-34-32-30-28-26-24-22-20-18-19-21-23-25-27-29-31-33-35-37-39-42-45-49-53-57-61-65-71(76)73-69(68-74)70(75)64-60-56-52-48-14-12-10-8-6-4-2/h17,40,69-70,74-75H,3-16,18-39,41-68H2,1-2H3,(H,73,76)/b40-17-. The Hall–Kier alpha value is -1.40. The van der Waals surface area contributed by atoms with Crippen LogP contribution in [0.3, 0.4) is 0 Å². The van der Waals surface area contributed by atoms with E-state index in [0.717, 1.165) is 44.9 Å². The number of aliphatic hydroxyl groups is 2. The van der Waals surface area contributed by atoms with E-state index in [-0.39, 0.29) is 18.5 Å². The minimum atomic E-state index is -0.658. The first-order valence-electron chi connectivity index (χ1n) is 35.9. The van der Waals surface area contributed by atoms with Gasteiger partial charge in [-0.1, -0.05) is 360 Å². The molecule has 0 aliphatic heterocycles. The topological polar surface area (TPSA) is 95.9 Å². The maximum atomic E-state index is 12.4. The lowest BCUT2D eigenvalue weighted by Gasteiger charge is -2.22. The third-order valence-corrected chi connectivity index (χ3v) is 17.1. The summed E-state index contributed by atoms with van der Waals surface area (Å²) in [5.74, 6) is -0.0131. The molecule has 0 fully saturated rings. The monoisotopic (exact) mass is 1100 g/mol. The van der Waals surface area contributed by atoms with Gasteiger partial charge in [-0.3, -0.25) is 9.59 Å². The Morgan fingerprint density at radius 3 is 0.910 bits per heavy atom. The SMILES string of the molecule is CCCCCCCCC/C=C\CCCCCCCC(=O)OCCCCCCCCCCCCCCCCCCCCCCCCCCCCCCCCCCCCCC(=O)NC(CO)C(O)CCCCCCCCCCCC. The molecule has 2 unspecified atom stereocenters. The van der Waals surface area contributed by atoms with Gasteiger partial charge in [-0.25, -0.2) is 0 Å². The molecule has 0 radical (unpaired) electrons. The van der Waals surface area contributed by atoms with Crippen molar-refractivity contribution >= 4 is 11.9 Å². The molecule has 0 aromatic carbocycles. The van der Waals surface area contributed by atoms with E-state index in [2.05, 4.69) is 31.3 Å². The van der Waals surface area contributed by atoms with Crippen LogP contribution in [0.4, 0.5) is 0 Å². The van der Waals surface area contributed by atoms with Gasteiger partial charge in [0, 0.05) is 12.8 Å². The summed E-state index contributed by atoms with van der Waals surface area (Å²) in [4.78, 5) is 24.5. The van der Waals surface area contributed by atoms with Crippen LogP contribution in [-0.4, -0.2) is 47.4 Å². The van der Waals surface area contributed by atoms with Gasteiger partial charge in [0.05, 0.1) is 25.4 Å². The molecule has 0 rings (SSSR count). The third-order valence-electron chi connectivity index (χ3n) is 17.1. The van der Waals surface area contributed by atoms with Crippen LogP contribution >= 0.6 is 0 Å². The molecule has 6 nitrogen and oxygen atoms in total. The van der Waals surface area contributed by atoms with E-state index < -0.39 is 12.1 Å². The molecule has 0 heterocycles. The molecule has 0 aromatic heterocycles. The maximum absolute atomic E-state index is 12.4. The minimum Gasteiger partial charge on any atom is -0.466 e. The average molecular weight is 1100 g/mol. The first-order chi connectivity index (χ1) is 38.5. The smallest absolute Gasteiger partial charge is 0.305 e. The highest BCUT2D eigenvalue weighted by atomic mass is 16.5. The predicted molar refractivity (Wildman–Crippen MR) is 343 cm³/mol. The molecule has 0 aliphatic rings. The van der Waals surface area contributed by atoms with Crippen LogP contribution in [0.1, 0.15) is 412 Å². The van der Waals surface area contributed by atoms with Gasteiger partial charge >= 0.3 is 5.97 Å². The molecule has 0 aliphatic carbocycles. The Morgan fingerprint density at radius 1 is 0.346 bits per heavy atom. The molecule has 78 heavy (non-hydrogen) atoms. The fourth-order valence-corrected chi connectivity index (χ4v) is 11.6. The molecular formula is C72H141NO5. The Morgan fingerprint density at radius 2 is 0.603 bits per heavy atom. The summed E-state index contributed by atoms with van der Waals surface area (Å²) in [5.41, 5.74) is 0. The Kier molecular flexibility index (Phi) is 66.9. The van der Waals surface area contributed by atoms with Crippen molar-refractivity contribution in [3.63, 3.8) is 0 Å². The highest BCUT2D eigenvalue weighted by Gasteiger charge is 2.20. The van der Waals surface area contributed by atoms with Gasteiger partial charge in [-0.2, -0.15) is 0 Å². The maximum Gasteiger partial charge on any atom is 0.305 e. The average Bonchev–Trinajstić information content (AvgIpc) is 3.44. The summed E-state index contributed by atoms with van der Waals surface area (Å²) in [6, 6.07) is -0.535. The quantitative estimate of drug-likeness (QED) is 0.0320. The summed E-state index contributed by atoms with van der Waals surface area (Å²) in [6.45, 7) is 4.97. The van der Waals surface area contributed by atoms with Crippen LogP contribution in [-0.2, 0) is 14.3 Å². The molecule has 0 spiro atoms. The summed E-state index contributed by atoms with van der Waals surface area (Å²) >= 11 is 0. The van der Waals surface area contributed by atoms with Crippen molar-refractivity contribution in [2.75, 3.05) is 13.2 Å². The number of aliphatic hydroxyl groups excluding tert-OH is 2. The molecule has 0 saturated heterocycles. The first-order valence-corrected chi connectivity index (χ1v) is 35.9. The largest absolute Gasteiger partial charge is 0.466 e. The zero-order chi connectivity index (χ0) is 56.4. The van der Waals surface area contributed by atoms with Crippen LogP contribution in [0.5, 0.6) is 0 Å². The van der Waals surface area contributed by atoms with Crippen molar-refractivity contribution in [3.8, 4) is 0 Å². The molecule has 0 bridgehead atoms. The highest BCUT2D eigenvalue weighted by molar-refractivity contribution is 5.76. The number of hydrogen-bond acceptors (Lipinski definition) is 5. The lowest BCUT2D eigenvalue weighted by atomic mass is 10.0. The Balaban J connectivity index is 3.27. The first kappa shape index (κ1) is 76.6. The van der Waals surface area contributed by atoms with Crippen LogP contribution in [0.25, 0.3) is 0 Å². The number of carbonyl (C=O) groups excluding carboxylic acids is 2. The minimum absolute atomic E-state index is 0.0160. The Labute approximate surface area is 489 Å². The second kappa shape index (κ2) is 68.1. The van der Waals surface area contributed by atoms with Crippen molar-refractivity contribution in [1.82, 2.24) is 5.32 Å². The van der Waals surface area contributed by atoms with Crippen LogP contribution in [0.2, 0.25) is 0 Å². The van der Waals surface area contributed by atoms with E-state index in [4.69, 9.17) is 4.74 Å². The summed E-state index contributed by atoms with van der Waals surface area (Å²) in [7, 11) is 0. The zero-order valence-corrected chi connectivity index (χ0v) is 53.2. The third kappa shape index (κ3) is 63.8. The number of nitrogens with one attached hydrogen (secondary N) is 1. The predicted octanol–water partition coefficient (Wildman–Crippen LogP) is 23.1. The number of unbranched alkanes of at least 4 members (excludes halogenated alkanes) is 55. The molecule has 0 aromatic rings. The Bertz CT molecular complexity index is 1180. The molecule has 1 amide bonds. The highest BCUT2D eigenvalue weighted by Crippen LogP contribution is 2.19. The van der Waals surface area contributed by atoms with Crippen LogP contribution in [0.15, 0.2) is 12.2 Å². The van der Waals surface area contributed by atoms with Crippen molar-refractivity contribution in [3.05, 3.63) is 12.2 Å². The van der Waals surface area contributed by atoms with Gasteiger partial charge in [0.2, 0.25) is 5.91 Å². The number of esters is 1. The van der Waals surface area contributed by atoms with Crippen LogP contribution in [0, 0.1) is 0 Å². The number of rotatable bonds is 68. The number of hydrogen-bond donors (Lipinski definition) is 3. The molecule has 6 heteroatoms. The molecular weight excluding hydrogens is 959 g/mol. The normalized spacial score (nSPS) is 12.5. The number of amides is 1. The molecule has 2 atom stereocenters. The van der Waals surface area contributed by atoms with Gasteiger partial charge in [-0.15, -0.1) is 0 Å². The lowest BCUT2D eigenvalue weighted by molar-refractivity contribution is -0.143. The van der Waals surface area contributed by atoms with Gasteiger partial charge in [0.25, 0.3) is 0 Å². The van der Waals surface area contributed by atoms with E-state index in [1.807, 2.05) is 0 Å². The van der Waals surface area contributed by atoms with E-state index >= 15 is 0 Å². The van der Waals surface area contributed by atoms with Gasteiger partial charge in [0.15, 0.2) is 0 Å². The van der Waals surface area contributed by atoms with Crippen molar-refractivity contribution < 1.29 is 24.5 Å². The number of carbonyl (C=O) groups is 2. The second-order valence-electron chi connectivity index (χ2n) is 24.9. The van der Waals surface area contributed by atoms with Crippen molar-refractivity contribution in [2.45, 2.75) is 424 Å². The summed E-state index contributed by atoms with van der Waals surface area (Å²) < 4.78 is 5.50. The fourth-order valence-electron chi connectivity index (χ4n) is 11.6. The van der Waals surface area contributed by atoms with E-state index in [1.165, 1.54) is 334 Å². The van der Waals surface area contributed by atoms with E-state index in [9.17, 15) is 19.8 Å². The van der Waals surface area contributed by atoms with Crippen molar-refractivity contribution in [2.24, 2.45) is 0 Å². The second-order valence-corrected chi connectivity index (χ2v) is 24.9.